The monoisotopic (exact) mass is 272 g/mol. The van der Waals surface area contributed by atoms with E-state index in [-0.39, 0.29) is 23.3 Å². The molecule has 0 aromatic heterocycles. The highest BCUT2D eigenvalue weighted by Crippen LogP contribution is 2.28. The zero-order valence-electron chi connectivity index (χ0n) is 13.5. The van der Waals surface area contributed by atoms with E-state index in [1.807, 2.05) is 0 Å². The van der Waals surface area contributed by atoms with E-state index >= 15 is 0 Å². The van der Waals surface area contributed by atoms with Crippen molar-refractivity contribution in [3.05, 3.63) is 0 Å². The molecule has 1 rings (SSSR count). The molecule has 0 aromatic rings. The number of aliphatic hydroxyl groups excluding tert-OH is 1. The molecule has 114 valence electrons. The van der Waals surface area contributed by atoms with Gasteiger partial charge < -0.3 is 15.2 Å². The van der Waals surface area contributed by atoms with E-state index in [2.05, 4.69) is 51.8 Å². The fourth-order valence-electron chi connectivity index (χ4n) is 3.16. The summed E-state index contributed by atoms with van der Waals surface area (Å²) in [6, 6.07) is 0. The molecule has 0 aromatic carbocycles. The Balaban J connectivity index is 2.57. The lowest BCUT2D eigenvalue weighted by Crippen LogP contribution is -2.58. The maximum absolute atomic E-state index is 9.55. The molecule has 2 N–H and O–H groups in total. The van der Waals surface area contributed by atoms with E-state index in [0.717, 1.165) is 32.6 Å². The molecule has 1 aliphatic rings. The van der Waals surface area contributed by atoms with Gasteiger partial charge in [0.2, 0.25) is 0 Å². The number of likely N-dealkylation sites (N-methyl/N-ethyl adjacent to an activating group) is 1. The minimum Gasteiger partial charge on any atom is -0.394 e. The molecular weight excluding hydrogens is 240 g/mol. The van der Waals surface area contributed by atoms with Crippen molar-refractivity contribution in [1.82, 2.24) is 10.2 Å². The highest BCUT2D eigenvalue weighted by Gasteiger charge is 2.38. The van der Waals surface area contributed by atoms with Gasteiger partial charge in [0.1, 0.15) is 0 Å². The summed E-state index contributed by atoms with van der Waals surface area (Å²) in [5.41, 5.74) is -0.382. The second kappa shape index (κ2) is 6.08. The average molecular weight is 272 g/mol. The minimum atomic E-state index is -0.179. The Morgan fingerprint density at radius 2 is 1.74 bits per heavy atom. The molecule has 0 amide bonds. The molecule has 4 nitrogen and oxygen atoms in total. The van der Waals surface area contributed by atoms with E-state index in [4.69, 9.17) is 4.74 Å². The molecule has 1 atom stereocenters. The normalized spacial score (nSPS) is 26.1. The minimum absolute atomic E-state index is 0.102. The molecule has 1 saturated heterocycles. The maximum Gasteiger partial charge on any atom is 0.0760 e. The van der Waals surface area contributed by atoms with Crippen LogP contribution < -0.4 is 5.32 Å². The summed E-state index contributed by atoms with van der Waals surface area (Å²) in [6.07, 6.45) is 0.948. The molecule has 0 saturated carbocycles. The van der Waals surface area contributed by atoms with Crippen molar-refractivity contribution in [3.8, 4) is 0 Å². The molecule has 4 heteroatoms. The first-order valence-corrected chi connectivity index (χ1v) is 7.40. The summed E-state index contributed by atoms with van der Waals surface area (Å²) in [7, 11) is 0. The molecule has 0 aliphatic carbocycles. The zero-order chi connectivity index (χ0) is 14.7. The summed E-state index contributed by atoms with van der Waals surface area (Å²) >= 11 is 0. The lowest BCUT2D eigenvalue weighted by atomic mass is 9.95. The van der Waals surface area contributed by atoms with Crippen LogP contribution in [-0.2, 0) is 4.74 Å². The van der Waals surface area contributed by atoms with Crippen molar-refractivity contribution in [2.24, 2.45) is 0 Å². The maximum atomic E-state index is 9.55. The summed E-state index contributed by atoms with van der Waals surface area (Å²) in [6.45, 7) is 16.7. The Morgan fingerprint density at radius 3 is 2.16 bits per heavy atom. The number of aliphatic hydroxyl groups is 1. The van der Waals surface area contributed by atoms with Gasteiger partial charge in [0.15, 0.2) is 0 Å². The predicted octanol–water partition coefficient (Wildman–Crippen LogP) is 1.63. The van der Waals surface area contributed by atoms with Crippen molar-refractivity contribution in [1.29, 1.82) is 0 Å². The van der Waals surface area contributed by atoms with Gasteiger partial charge in [-0.05, 0) is 47.6 Å². The number of hydrogen-bond donors (Lipinski definition) is 2. The Bertz CT molecular complexity index is 276. The number of morpholine rings is 1. The molecule has 1 fully saturated rings. The third-order valence-corrected chi connectivity index (χ3v) is 3.69. The summed E-state index contributed by atoms with van der Waals surface area (Å²) in [5.74, 6) is 0. The van der Waals surface area contributed by atoms with Crippen LogP contribution in [0.5, 0.6) is 0 Å². The Morgan fingerprint density at radius 1 is 1.21 bits per heavy atom. The van der Waals surface area contributed by atoms with Crippen LogP contribution in [0.15, 0.2) is 0 Å². The van der Waals surface area contributed by atoms with Crippen LogP contribution in [0, 0.1) is 0 Å². The first-order valence-electron chi connectivity index (χ1n) is 7.40. The van der Waals surface area contributed by atoms with Crippen molar-refractivity contribution in [2.45, 2.75) is 64.7 Å². The van der Waals surface area contributed by atoms with Crippen LogP contribution in [0.1, 0.15) is 48.0 Å². The molecule has 0 bridgehead atoms. The fourth-order valence-corrected chi connectivity index (χ4v) is 3.16. The second-order valence-electron chi connectivity index (χ2n) is 7.33. The third kappa shape index (κ3) is 5.38. The number of rotatable bonds is 6. The largest absolute Gasteiger partial charge is 0.394 e. The SMILES string of the molecule is CCNC(C)(CO)CCN1CC(C)(C)OC(C)(C)C1. The number of nitrogens with zero attached hydrogens (tertiary/aromatic N) is 1. The van der Waals surface area contributed by atoms with Gasteiger partial charge in [-0.3, -0.25) is 4.90 Å². The van der Waals surface area contributed by atoms with E-state index in [0.29, 0.717) is 0 Å². The third-order valence-electron chi connectivity index (χ3n) is 3.69. The highest BCUT2D eigenvalue weighted by atomic mass is 16.5. The first-order chi connectivity index (χ1) is 8.61. The van der Waals surface area contributed by atoms with E-state index in [1.54, 1.807) is 0 Å². The Labute approximate surface area is 118 Å². The Kier molecular flexibility index (Phi) is 5.41. The molecule has 0 spiro atoms. The van der Waals surface area contributed by atoms with Crippen LogP contribution in [0.4, 0.5) is 0 Å². The van der Waals surface area contributed by atoms with E-state index in [9.17, 15) is 5.11 Å². The van der Waals surface area contributed by atoms with Gasteiger partial charge in [-0.1, -0.05) is 6.92 Å². The summed E-state index contributed by atoms with van der Waals surface area (Å²) in [5, 5.41) is 12.9. The van der Waals surface area contributed by atoms with Gasteiger partial charge in [0.25, 0.3) is 0 Å². The van der Waals surface area contributed by atoms with Gasteiger partial charge in [-0.25, -0.2) is 0 Å². The van der Waals surface area contributed by atoms with Gasteiger partial charge in [0.05, 0.1) is 17.8 Å². The van der Waals surface area contributed by atoms with E-state index in [1.165, 1.54) is 0 Å². The lowest BCUT2D eigenvalue weighted by molar-refractivity contribution is -0.181. The predicted molar refractivity (Wildman–Crippen MR) is 79.5 cm³/mol. The van der Waals surface area contributed by atoms with Crippen LogP contribution in [-0.4, -0.2) is 59.5 Å². The number of nitrogens with one attached hydrogen (secondary N) is 1. The van der Waals surface area contributed by atoms with Crippen LogP contribution in [0.2, 0.25) is 0 Å². The summed E-state index contributed by atoms with van der Waals surface area (Å²) in [4.78, 5) is 2.45. The standard InChI is InChI=1S/C15H32N2O2/c1-7-16-15(6,12-18)8-9-17-10-13(2,3)19-14(4,5)11-17/h16,18H,7-12H2,1-6H3. The number of ether oxygens (including phenoxy) is 1. The van der Waals surface area contributed by atoms with E-state index < -0.39 is 0 Å². The number of hydrogen-bond acceptors (Lipinski definition) is 4. The average Bonchev–Trinajstić information content (AvgIpc) is 2.23. The van der Waals surface area contributed by atoms with Crippen LogP contribution >= 0.6 is 0 Å². The Hall–Kier alpha value is -0.160. The molecule has 1 unspecified atom stereocenters. The van der Waals surface area contributed by atoms with Crippen molar-refractivity contribution < 1.29 is 9.84 Å². The summed E-state index contributed by atoms with van der Waals surface area (Å²) < 4.78 is 6.09. The van der Waals surface area contributed by atoms with Gasteiger partial charge in [0, 0.05) is 25.2 Å². The molecule has 19 heavy (non-hydrogen) atoms. The quantitative estimate of drug-likeness (QED) is 0.771. The van der Waals surface area contributed by atoms with Gasteiger partial charge in [-0.2, -0.15) is 0 Å². The topological polar surface area (TPSA) is 44.7 Å². The molecule has 0 radical (unpaired) electrons. The van der Waals surface area contributed by atoms with Crippen molar-refractivity contribution in [3.63, 3.8) is 0 Å². The van der Waals surface area contributed by atoms with Gasteiger partial charge >= 0.3 is 0 Å². The van der Waals surface area contributed by atoms with Crippen molar-refractivity contribution >= 4 is 0 Å². The first kappa shape index (κ1) is 16.9. The molecule has 1 aliphatic heterocycles. The molecule has 1 heterocycles. The van der Waals surface area contributed by atoms with Crippen LogP contribution in [0.25, 0.3) is 0 Å². The molecular formula is C15H32N2O2. The van der Waals surface area contributed by atoms with Crippen molar-refractivity contribution in [2.75, 3.05) is 32.8 Å². The smallest absolute Gasteiger partial charge is 0.0760 e. The highest BCUT2D eigenvalue weighted by molar-refractivity contribution is 4.91. The lowest BCUT2D eigenvalue weighted by Gasteiger charge is -2.48. The van der Waals surface area contributed by atoms with Gasteiger partial charge in [-0.15, -0.1) is 0 Å². The fraction of sp³-hybridized carbons (Fsp3) is 1.00. The second-order valence-corrected chi connectivity index (χ2v) is 7.33. The van der Waals surface area contributed by atoms with Crippen LogP contribution in [0.3, 0.4) is 0 Å². The zero-order valence-corrected chi connectivity index (χ0v) is 13.5.